The molecular weight excluding hydrogens is 271 g/mol. The third kappa shape index (κ3) is 2.58. The van der Waals surface area contributed by atoms with Gasteiger partial charge in [-0.1, -0.05) is 0 Å². The number of benzene rings is 1. The predicted molar refractivity (Wildman–Crippen MR) is 69.6 cm³/mol. The van der Waals surface area contributed by atoms with E-state index in [1.165, 1.54) is 10.4 Å². The fraction of sp³-hybridized carbons (Fsp3) is 0.500. The van der Waals surface area contributed by atoms with Crippen LogP contribution in [0.3, 0.4) is 0 Å². The van der Waals surface area contributed by atoms with Crippen molar-refractivity contribution in [3.8, 4) is 0 Å². The van der Waals surface area contributed by atoms with Crippen LogP contribution in [0.2, 0.25) is 0 Å². The van der Waals surface area contributed by atoms with Gasteiger partial charge in [0.05, 0.1) is 24.4 Å². The first kappa shape index (κ1) is 14.2. The molecule has 0 radical (unpaired) electrons. The summed E-state index contributed by atoms with van der Waals surface area (Å²) in [5.74, 6) is -0.558. The topological polar surface area (TPSA) is 72.6 Å². The average molecular weight is 288 g/mol. The fourth-order valence-electron chi connectivity index (χ4n) is 2.16. The van der Waals surface area contributed by atoms with Crippen LogP contribution in [0, 0.1) is 5.82 Å². The van der Waals surface area contributed by atoms with Gasteiger partial charge in [-0.25, -0.2) is 12.8 Å². The molecule has 1 fully saturated rings. The van der Waals surface area contributed by atoms with E-state index in [4.69, 9.17) is 10.5 Å². The first-order valence-corrected chi connectivity index (χ1v) is 7.35. The summed E-state index contributed by atoms with van der Waals surface area (Å²) in [6.07, 6.45) is 0. The van der Waals surface area contributed by atoms with Gasteiger partial charge in [-0.15, -0.1) is 0 Å². The van der Waals surface area contributed by atoms with Crippen molar-refractivity contribution in [2.75, 3.05) is 25.5 Å². The van der Waals surface area contributed by atoms with Crippen LogP contribution >= 0.6 is 0 Å². The van der Waals surface area contributed by atoms with Crippen LogP contribution in [-0.4, -0.2) is 38.0 Å². The maximum Gasteiger partial charge on any atom is 0.245 e. The molecule has 2 N–H and O–H groups in total. The summed E-state index contributed by atoms with van der Waals surface area (Å²) in [4.78, 5) is -0.0659. The summed E-state index contributed by atoms with van der Waals surface area (Å²) in [6, 6.07) is 3.31. The van der Waals surface area contributed by atoms with E-state index >= 15 is 0 Å². The fourth-order valence-corrected chi connectivity index (χ4v) is 4.02. The molecule has 1 saturated heterocycles. The van der Waals surface area contributed by atoms with Gasteiger partial charge in [0.2, 0.25) is 10.0 Å². The molecule has 1 heterocycles. The zero-order valence-corrected chi connectivity index (χ0v) is 11.7. The van der Waals surface area contributed by atoms with Crippen molar-refractivity contribution in [1.82, 2.24) is 4.31 Å². The van der Waals surface area contributed by atoms with Crippen molar-refractivity contribution in [3.63, 3.8) is 0 Å². The summed E-state index contributed by atoms with van der Waals surface area (Å²) in [6.45, 7) is 4.47. The van der Waals surface area contributed by atoms with Gasteiger partial charge in [0.1, 0.15) is 10.7 Å². The molecular formula is C12H17FN2O3S. The smallest absolute Gasteiger partial charge is 0.245 e. The number of halogens is 1. The van der Waals surface area contributed by atoms with E-state index < -0.39 is 21.4 Å². The molecule has 1 aliphatic rings. The lowest BCUT2D eigenvalue weighted by molar-refractivity contribution is -0.00768. The molecule has 1 aromatic rings. The van der Waals surface area contributed by atoms with Crippen LogP contribution in [-0.2, 0) is 14.8 Å². The van der Waals surface area contributed by atoms with Gasteiger partial charge in [0.15, 0.2) is 0 Å². The molecule has 19 heavy (non-hydrogen) atoms. The van der Waals surface area contributed by atoms with E-state index in [0.29, 0.717) is 13.2 Å². The maximum absolute atomic E-state index is 13.0. The number of rotatable bonds is 2. The Morgan fingerprint density at radius 1 is 1.42 bits per heavy atom. The summed E-state index contributed by atoms with van der Waals surface area (Å²) in [7, 11) is -3.76. The number of sulfonamides is 1. The lowest BCUT2D eigenvalue weighted by atomic mass is 10.1. The molecule has 106 valence electrons. The SMILES string of the molecule is CC1(C)COCCN1S(=O)(=O)c1ccc(F)cc1N. The Balaban J connectivity index is 2.47. The largest absolute Gasteiger partial charge is 0.398 e. The third-order valence-corrected chi connectivity index (χ3v) is 5.29. The standard InChI is InChI=1S/C12H17FN2O3S/c1-12(2)8-18-6-5-15(12)19(16,17)11-4-3-9(13)7-10(11)14/h3-4,7H,5-6,8,14H2,1-2H3. The molecule has 0 aliphatic carbocycles. The van der Waals surface area contributed by atoms with E-state index in [1.807, 2.05) is 0 Å². The molecule has 0 spiro atoms. The average Bonchev–Trinajstić information content (AvgIpc) is 2.27. The first-order valence-electron chi connectivity index (χ1n) is 5.91. The highest BCUT2D eigenvalue weighted by Crippen LogP contribution is 2.30. The zero-order valence-electron chi connectivity index (χ0n) is 10.9. The highest BCUT2D eigenvalue weighted by molar-refractivity contribution is 7.89. The highest BCUT2D eigenvalue weighted by atomic mass is 32.2. The second-order valence-corrected chi connectivity index (χ2v) is 6.96. The Kier molecular flexibility index (Phi) is 3.55. The Bertz CT molecular complexity index is 587. The minimum atomic E-state index is -3.76. The molecule has 0 saturated carbocycles. The van der Waals surface area contributed by atoms with Crippen molar-refractivity contribution < 1.29 is 17.5 Å². The quantitative estimate of drug-likeness (QED) is 0.830. The van der Waals surface area contributed by atoms with E-state index in [1.54, 1.807) is 13.8 Å². The molecule has 1 aliphatic heterocycles. The lowest BCUT2D eigenvalue weighted by Gasteiger charge is -2.40. The van der Waals surface area contributed by atoms with Gasteiger partial charge in [-0.3, -0.25) is 0 Å². The number of nitrogens with zero attached hydrogens (tertiary/aromatic N) is 1. The molecule has 0 unspecified atom stereocenters. The van der Waals surface area contributed by atoms with Crippen molar-refractivity contribution in [2.24, 2.45) is 0 Å². The second kappa shape index (κ2) is 4.73. The van der Waals surface area contributed by atoms with Gasteiger partial charge in [0, 0.05) is 6.54 Å². The van der Waals surface area contributed by atoms with E-state index in [-0.39, 0.29) is 17.1 Å². The number of anilines is 1. The summed E-state index contributed by atoms with van der Waals surface area (Å²) >= 11 is 0. The predicted octanol–water partition coefficient (Wildman–Crippen LogP) is 1.21. The Hall–Kier alpha value is -1.18. The number of hydrogen-bond acceptors (Lipinski definition) is 4. The normalized spacial score (nSPS) is 20.4. The number of morpholine rings is 1. The van der Waals surface area contributed by atoms with Gasteiger partial charge in [0.25, 0.3) is 0 Å². The van der Waals surface area contributed by atoms with Crippen LogP contribution < -0.4 is 5.73 Å². The molecule has 7 heteroatoms. The van der Waals surface area contributed by atoms with Crippen LogP contribution in [0.4, 0.5) is 10.1 Å². The minimum Gasteiger partial charge on any atom is -0.398 e. The molecule has 5 nitrogen and oxygen atoms in total. The van der Waals surface area contributed by atoms with Crippen molar-refractivity contribution in [2.45, 2.75) is 24.3 Å². The minimum absolute atomic E-state index is 0.0659. The van der Waals surface area contributed by atoms with Crippen molar-refractivity contribution in [1.29, 1.82) is 0 Å². The van der Waals surface area contributed by atoms with Gasteiger partial charge in [-0.2, -0.15) is 4.31 Å². The molecule has 0 atom stereocenters. The number of hydrogen-bond donors (Lipinski definition) is 1. The van der Waals surface area contributed by atoms with Crippen LogP contribution in [0.1, 0.15) is 13.8 Å². The molecule has 0 aromatic heterocycles. The summed E-state index contributed by atoms with van der Waals surface area (Å²) in [5.41, 5.74) is 4.89. The first-order chi connectivity index (χ1) is 8.75. The monoisotopic (exact) mass is 288 g/mol. The van der Waals surface area contributed by atoms with Gasteiger partial charge in [-0.05, 0) is 32.0 Å². The van der Waals surface area contributed by atoms with E-state index in [0.717, 1.165) is 12.1 Å². The number of nitrogen functional groups attached to an aromatic ring is 1. The second-order valence-electron chi connectivity index (χ2n) is 5.12. The van der Waals surface area contributed by atoms with Crippen LogP contribution in [0.15, 0.2) is 23.1 Å². The number of ether oxygens (including phenoxy) is 1. The number of nitrogens with two attached hydrogens (primary N) is 1. The molecule has 1 aromatic carbocycles. The lowest BCUT2D eigenvalue weighted by Crippen LogP contribution is -2.55. The van der Waals surface area contributed by atoms with Crippen LogP contribution in [0.25, 0.3) is 0 Å². The maximum atomic E-state index is 13.0. The summed E-state index contributed by atoms with van der Waals surface area (Å²) < 4.78 is 44.9. The Morgan fingerprint density at radius 3 is 2.68 bits per heavy atom. The van der Waals surface area contributed by atoms with Crippen molar-refractivity contribution in [3.05, 3.63) is 24.0 Å². The van der Waals surface area contributed by atoms with Crippen molar-refractivity contribution >= 4 is 15.7 Å². The zero-order chi connectivity index (χ0) is 14.3. The highest BCUT2D eigenvalue weighted by Gasteiger charge is 2.40. The summed E-state index contributed by atoms with van der Waals surface area (Å²) in [5, 5.41) is 0. The van der Waals surface area contributed by atoms with Gasteiger partial charge >= 0.3 is 0 Å². The van der Waals surface area contributed by atoms with E-state index in [2.05, 4.69) is 0 Å². The Labute approximate surface area is 112 Å². The van der Waals surface area contributed by atoms with E-state index in [9.17, 15) is 12.8 Å². The Morgan fingerprint density at radius 2 is 2.11 bits per heavy atom. The molecule has 2 rings (SSSR count). The van der Waals surface area contributed by atoms with Gasteiger partial charge < -0.3 is 10.5 Å². The molecule has 0 bridgehead atoms. The molecule has 0 amide bonds. The third-order valence-electron chi connectivity index (χ3n) is 3.11. The van der Waals surface area contributed by atoms with Crippen LogP contribution in [0.5, 0.6) is 0 Å².